The van der Waals surface area contributed by atoms with Crippen molar-refractivity contribution < 1.29 is 19.4 Å². The molecule has 0 spiro atoms. The Bertz CT molecular complexity index is 634. The van der Waals surface area contributed by atoms with Crippen LogP contribution in [0.5, 0.6) is 11.5 Å². The van der Waals surface area contributed by atoms with Crippen molar-refractivity contribution in [3.05, 3.63) is 59.2 Å². The number of hydrogen-bond donors (Lipinski definition) is 1. The maximum Gasteiger partial charge on any atom is 0.307 e. The van der Waals surface area contributed by atoms with E-state index in [1.165, 1.54) is 0 Å². The molecule has 0 bridgehead atoms. The number of carbonyl (C=O) groups is 1. The third kappa shape index (κ3) is 3.99. The van der Waals surface area contributed by atoms with Crippen LogP contribution < -0.4 is 9.47 Å². The molecule has 0 atom stereocenters. The molecule has 0 radical (unpaired) electrons. The van der Waals surface area contributed by atoms with Crippen molar-refractivity contribution in [3.63, 3.8) is 0 Å². The zero-order chi connectivity index (χ0) is 15.2. The fraction of sp³-hybridized carbons (Fsp3) is 0.235. The molecule has 0 fully saturated rings. The van der Waals surface area contributed by atoms with Crippen molar-refractivity contribution in [2.24, 2.45) is 0 Å². The first-order chi connectivity index (χ1) is 10.1. The van der Waals surface area contributed by atoms with Crippen LogP contribution >= 0.6 is 0 Å². The monoisotopic (exact) mass is 286 g/mol. The average Bonchev–Trinajstić information content (AvgIpc) is 2.46. The van der Waals surface area contributed by atoms with E-state index in [1.807, 2.05) is 31.2 Å². The number of benzene rings is 2. The predicted octanol–water partition coefficient (Wildman–Crippen LogP) is 3.21. The Morgan fingerprint density at radius 3 is 2.57 bits per heavy atom. The number of aryl methyl sites for hydroxylation is 1. The Hall–Kier alpha value is -2.49. The van der Waals surface area contributed by atoms with Crippen molar-refractivity contribution in [1.29, 1.82) is 0 Å². The zero-order valence-corrected chi connectivity index (χ0v) is 12.1. The molecule has 0 aromatic heterocycles. The maximum atomic E-state index is 10.9. The van der Waals surface area contributed by atoms with Crippen LogP contribution in [-0.2, 0) is 17.8 Å². The third-order valence-electron chi connectivity index (χ3n) is 3.13. The summed E-state index contributed by atoms with van der Waals surface area (Å²) in [5.41, 5.74) is 2.72. The molecule has 2 aromatic rings. The van der Waals surface area contributed by atoms with Crippen LogP contribution in [0.15, 0.2) is 42.5 Å². The Morgan fingerprint density at radius 2 is 1.86 bits per heavy atom. The molecule has 0 unspecified atom stereocenters. The van der Waals surface area contributed by atoms with Gasteiger partial charge in [0.15, 0.2) is 0 Å². The van der Waals surface area contributed by atoms with Crippen LogP contribution in [0.4, 0.5) is 0 Å². The lowest BCUT2D eigenvalue weighted by Gasteiger charge is -2.13. The highest BCUT2D eigenvalue weighted by Crippen LogP contribution is 2.24. The first kappa shape index (κ1) is 14.9. The van der Waals surface area contributed by atoms with Gasteiger partial charge in [-0.15, -0.1) is 0 Å². The Labute approximate surface area is 123 Å². The zero-order valence-electron chi connectivity index (χ0n) is 12.1. The molecule has 4 heteroatoms. The number of ether oxygens (including phenoxy) is 2. The normalized spacial score (nSPS) is 10.2. The highest BCUT2D eigenvalue weighted by atomic mass is 16.5. The molecular weight excluding hydrogens is 268 g/mol. The van der Waals surface area contributed by atoms with Crippen molar-refractivity contribution >= 4 is 5.97 Å². The summed E-state index contributed by atoms with van der Waals surface area (Å²) < 4.78 is 11.1. The van der Waals surface area contributed by atoms with Crippen molar-refractivity contribution in [2.75, 3.05) is 7.11 Å². The molecule has 0 amide bonds. The molecule has 0 aliphatic rings. The summed E-state index contributed by atoms with van der Waals surface area (Å²) in [6.07, 6.45) is -0.0544. The Balaban J connectivity index is 2.17. The van der Waals surface area contributed by atoms with Gasteiger partial charge in [0.25, 0.3) is 0 Å². The molecule has 0 saturated carbocycles. The number of carboxylic acid groups (broad SMARTS) is 1. The summed E-state index contributed by atoms with van der Waals surface area (Å²) in [7, 11) is 1.62. The quantitative estimate of drug-likeness (QED) is 0.886. The van der Waals surface area contributed by atoms with Gasteiger partial charge in [-0.3, -0.25) is 4.79 Å². The first-order valence-electron chi connectivity index (χ1n) is 6.66. The second-order valence-electron chi connectivity index (χ2n) is 4.78. The molecular formula is C17H18O4. The minimum absolute atomic E-state index is 0.0544. The number of methoxy groups -OCH3 is 1. The number of hydrogen-bond acceptors (Lipinski definition) is 3. The predicted molar refractivity (Wildman–Crippen MR) is 79.8 cm³/mol. The fourth-order valence-electron chi connectivity index (χ4n) is 2.13. The van der Waals surface area contributed by atoms with Crippen LogP contribution in [0.25, 0.3) is 0 Å². The SMILES string of the molecule is COc1ccc(C)cc1COc1ccccc1CC(=O)O. The number of aliphatic carboxylic acids is 1. The van der Waals surface area contributed by atoms with E-state index >= 15 is 0 Å². The minimum Gasteiger partial charge on any atom is -0.496 e. The summed E-state index contributed by atoms with van der Waals surface area (Å²) in [6, 6.07) is 13.0. The van der Waals surface area contributed by atoms with Gasteiger partial charge in [-0.25, -0.2) is 0 Å². The van der Waals surface area contributed by atoms with E-state index in [9.17, 15) is 4.79 Å². The van der Waals surface area contributed by atoms with E-state index in [1.54, 1.807) is 25.3 Å². The van der Waals surface area contributed by atoms with Crippen molar-refractivity contribution in [3.8, 4) is 11.5 Å². The van der Waals surface area contributed by atoms with Gasteiger partial charge in [0.05, 0.1) is 13.5 Å². The molecule has 2 rings (SSSR count). The fourth-order valence-corrected chi connectivity index (χ4v) is 2.13. The lowest BCUT2D eigenvalue weighted by atomic mass is 10.1. The lowest BCUT2D eigenvalue weighted by Crippen LogP contribution is -2.05. The van der Waals surface area contributed by atoms with E-state index in [2.05, 4.69) is 0 Å². The van der Waals surface area contributed by atoms with Crippen molar-refractivity contribution in [1.82, 2.24) is 0 Å². The smallest absolute Gasteiger partial charge is 0.307 e. The largest absolute Gasteiger partial charge is 0.496 e. The van der Waals surface area contributed by atoms with Gasteiger partial charge in [-0.2, -0.15) is 0 Å². The minimum atomic E-state index is -0.876. The summed E-state index contributed by atoms with van der Waals surface area (Å²) in [4.78, 5) is 10.9. The van der Waals surface area contributed by atoms with Gasteiger partial charge in [0.1, 0.15) is 18.1 Å². The van der Waals surface area contributed by atoms with Crippen molar-refractivity contribution in [2.45, 2.75) is 20.0 Å². The molecule has 0 aliphatic heterocycles. The van der Waals surface area contributed by atoms with Gasteiger partial charge >= 0.3 is 5.97 Å². The van der Waals surface area contributed by atoms with Gasteiger partial charge in [0, 0.05) is 11.1 Å². The van der Waals surface area contributed by atoms with E-state index in [0.717, 1.165) is 16.9 Å². The van der Waals surface area contributed by atoms with E-state index in [4.69, 9.17) is 14.6 Å². The van der Waals surface area contributed by atoms with Crippen LogP contribution in [-0.4, -0.2) is 18.2 Å². The topological polar surface area (TPSA) is 55.8 Å². The Morgan fingerprint density at radius 1 is 1.10 bits per heavy atom. The number of rotatable bonds is 6. The summed E-state index contributed by atoms with van der Waals surface area (Å²) in [6.45, 7) is 2.34. The standard InChI is InChI=1S/C17H18O4/c1-12-7-8-15(20-2)14(9-12)11-21-16-6-4-3-5-13(16)10-17(18)19/h3-9H,10-11H2,1-2H3,(H,18,19). The molecule has 0 heterocycles. The number of carboxylic acids is 1. The highest BCUT2D eigenvalue weighted by Gasteiger charge is 2.09. The highest BCUT2D eigenvalue weighted by molar-refractivity contribution is 5.71. The van der Waals surface area contributed by atoms with E-state index in [0.29, 0.717) is 17.9 Å². The second kappa shape index (κ2) is 6.79. The first-order valence-corrected chi connectivity index (χ1v) is 6.66. The van der Waals surface area contributed by atoms with Crippen LogP contribution in [0.1, 0.15) is 16.7 Å². The molecule has 0 saturated heterocycles. The van der Waals surface area contributed by atoms with E-state index in [-0.39, 0.29) is 6.42 Å². The van der Waals surface area contributed by atoms with E-state index < -0.39 is 5.97 Å². The number of para-hydroxylation sites is 1. The van der Waals surface area contributed by atoms with Gasteiger partial charge in [0.2, 0.25) is 0 Å². The molecule has 2 aromatic carbocycles. The second-order valence-corrected chi connectivity index (χ2v) is 4.78. The third-order valence-corrected chi connectivity index (χ3v) is 3.13. The lowest BCUT2D eigenvalue weighted by molar-refractivity contribution is -0.136. The summed E-state index contributed by atoms with van der Waals surface area (Å²) in [5, 5.41) is 8.92. The van der Waals surface area contributed by atoms with Crippen LogP contribution in [0, 0.1) is 6.92 Å². The van der Waals surface area contributed by atoms with Gasteiger partial charge in [-0.1, -0.05) is 29.8 Å². The Kier molecular flexibility index (Phi) is 4.82. The molecule has 1 N–H and O–H groups in total. The molecule has 0 aliphatic carbocycles. The molecule has 21 heavy (non-hydrogen) atoms. The van der Waals surface area contributed by atoms with Crippen LogP contribution in [0.3, 0.4) is 0 Å². The van der Waals surface area contributed by atoms with Gasteiger partial charge in [-0.05, 0) is 25.1 Å². The molecule has 110 valence electrons. The summed E-state index contributed by atoms with van der Waals surface area (Å²) >= 11 is 0. The maximum absolute atomic E-state index is 10.9. The average molecular weight is 286 g/mol. The summed E-state index contributed by atoms with van der Waals surface area (Å²) in [5.74, 6) is 0.471. The molecule has 4 nitrogen and oxygen atoms in total. The van der Waals surface area contributed by atoms with Gasteiger partial charge < -0.3 is 14.6 Å². The van der Waals surface area contributed by atoms with Crippen LogP contribution in [0.2, 0.25) is 0 Å².